The largest absolute Gasteiger partial charge is 0.390 e. The summed E-state index contributed by atoms with van der Waals surface area (Å²) >= 11 is 0. The van der Waals surface area contributed by atoms with Crippen LogP contribution in [0.4, 0.5) is 0 Å². The molecule has 0 bridgehead atoms. The summed E-state index contributed by atoms with van der Waals surface area (Å²) in [6.45, 7) is 9.44. The second kappa shape index (κ2) is 5.41. The van der Waals surface area contributed by atoms with Crippen LogP contribution in [0.2, 0.25) is 0 Å². The Morgan fingerprint density at radius 1 is 1.21 bits per heavy atom. The van der Waals surface area contributed by atoms with E-state index in [-0.39, 0.29) is 30.0 Å². The second-order valence-corrected chi connectivity index (χ2v) is 6.61. The molecule has 0 spiro atoms. The van der Waals surface area contributed by atoms with Gasteiger partial charge in [0.05, 0.1) is 23.7 Å². The Morgan fingerprint density at radius 2 is 1.89 bits per heavy atom. The minimum Gasteiger partial charge on any atom is -0.390 e. The highest BCUT2D eigenvalue weighted by Crippen LogP contribution is 2.34. The molecule has 2 saturated heterocycles. The second-order valence-electron chi connectivity index (χ2n) is 6.61. The van der Waals surface area contributed by atoms with Crippen molar-refractivity contribution in [1.82, 2.24) is 4.90 Å². The lowest BCUT2D eigenvalue weighted by Crippen LogP contribution is -2.42. The lowest BCUT2D eigenvalue weighted by Gasteiger charge is -2.28. The minimum atomic E-state index is -0.619. The molecule has 1 N–H and O–H groups in total. The van der Waals surface area contributed by atoms with Crippen LogP contribution in [0.1, 0.15) is 47.0 Å². The summed E-state index contributed by atoms with van der Waals surface area (Å²) < 4.78 is 5.77. The number of carbonyl (C=O) groups excluding carboxylic acids is 1. The minimum absolute atomic E-state index is 0.00117. The zero-order chi connectivity index (χ0) is 14.2. The Labute approximate surface area is 116 Å². The molecule has 4 heteroatoms. The van der Waals surface area contributed by atoms with Crippen molar-refractivity contribution in [2.24, 2.45) is 11.8 Å². The molecule has 0 aliphatic carbocycles. The molecule has 0 aromatic rings. The van der Waals surface area contributed by atoms with E-state index in [1.54, 1.807) is 0 Å². The van der Waals surface area contributed by atoms with Gasteiger partial charge in [-0.05, 0) is 46.0 Å². The zero-order valence-electron chi connectivity index (χ0n) is 12.6. The molecule has 0 aromatic heterocycles. The van der Waals surface area contributed by atoms with Crippen LogP contribution in [0.3, 0.4) is 0 Å². The molecule has 2 heterocycles. The smallest absolute Gasteiger partial charge is 0.228 e. The number of ether oxygens (including phenoxy) is 1. The van der Waals surface area contributed by atoms with E-state index in [1.807, 2.05) is 25.7 Å². The van der Waals surface area contributed by atoms with E-state index in [1.165, 1.54) is 0 Å². The van der Waals surface area contributed by atoms with Gasteiger partial charge in [-0.2, -0.15) is 0 Å². The molecule has 1 amide bonds. The van der Waals surface area contributed by atoms with Crippen molar-refractivity contribution in [3.63, 3.8) is 0 Å². The summed E-state index contributed by atoms with van der Waals surface area (Å²) in [5.74, 6) is 0.450. The third kappa shape index (κ3) is 3.11. The molecule has 2 rings (SSSR count). The van der Waals surface area contributed by atoms with Crippen molar-refractivity contribution in [2.75, 3.05) is 13.1 Å². The lowest BCUT2D eigenvalue weighted by atomic mass is 9.88. The van der Waals surface area contributed by atoms with Gasteiger partial charge < -0.3 is 14.7 Å². The molecule has 2 fully saturated rings. The van der Waals surface area contributed by atoms with E-state index in [0.29, 0.717) is 13.0 Å². The van der Waals surface area contributed by atoms with Crippen molar-refractivity contribution < 1.29 is 14.6 Å². The standard InChI is InChI=1S/C15H27NO3/c1-10-11(2)19-12(3)13(10)14(17)16-8-5-6-15(4,18)7-9-16/h10-13,18H,5-9H2,1-4H3. The first-order valence-electron chi connectivity index (χ1n) is 7.48. The molecule has 2 aliphatic heterocycles. The number of rotatable bonds is 1. The lowest BCUT2D eigenvalue weighted by molar-refractivity contribution is -0.138. The van der Waals surface area contributed by atoms with Crippen molar-refractivity contribution >= 4 is 5.91 Å². The van der Waals surface area contributed by atoms with Crippen molar-refractivity contribution in [2.45, 2.75) is 64.8 Å². The first-order valence-corrected chi connectivity index (χ1v) is 7.48. The molecule has 2 aliphatic rings. The summed E-state index contributed by atoms with van der Waals surface area (Å²) in [6.07, 6.45) is 2.48. The number of aliphatic hydroxyl groups is 1. The Kier molecular flexibility index (Phi) is 4.21. The van der Waals surface area contributed by atoms with Crippen LogP contribution >= 0.6 is 0 Å². The topological polar surface area (TPSA) is 49.8 Å². The van der Waals surface area contributed by atoms with Crippen LogP contribution in [0, 0.1) is 11.8 Å². The predicted octanol–water partition coefficient (Wildman–Crippen LogP) is 1.81. The van der Waals surface area contributed by atoms with Gasteiger partial charge in [0.1, 0.15) is 0 Å². The summed E-state index contributed by atoms with van der Waals surface area (Å²) in [5.41, 5.74) is -0.619. The van der Waals surface area contributed by atoms with Gasteiger partial charge >= 0.3 is 0 Å². The van der Waals surface area contributed by atoms with Crippen molar-refractivity contribution in [3.05, 3.63) is 0 Å². The maximum Gasteiger partial charge on any atom is 0.228 e. The molecule has 0 saturated carbocycles. The number of nitrogens with zero attached hydrogens (tertiary/aromatic N) is 1. The third-order valence-electron chi connectivity index (χ3n) is 4.90. The Morgan fingerprint density at radius 3 is 2.47 bits per heavy atom. The number of amides is 1. The fraction of sp³-hybridized carbons (Fsp3) is 0.933. The molecular weight excluding hydrogens is 242 g/mol. The van der Waals surface area contributed by atoms with Crippen LogP contribution in [0.15, 0.2) is 0 Å². The van der Waals surface area contributed by atoms with E-state index in [0.717, 1.165) is 19.4 Å². The van der Waals surface area contributed by atoms with Gasteiger partial charge in [0.15, 0.2) is 0 Å². The summed E-state index contributed by atoms with van der Waals surface area (Å²) in [6, 6.07) is 0. The first-order chi connectivity index (χ1) is 8.82. The maximum atomic E-state index is 12.7. The van der Waals surface area contributed by atoms with E-state index < -0.39 is 5.60 Å². The van der Waals surface area contributed by atoms with E-state index >= 15 is 0 Å². The number of hydrogen-bond donors (Lipinski definition) is 1. The van der Waals surface area contributed by atoms with Gasteiger partial charge in [-0.3, -0.25) is 4.79 Å². The number of carbonyl (C=O) groups is 1. The predicted molar refractivity (Wildman–Crippen MR) is 73.7 cm³/mol. The first kappa shape index (κ1) is 14.8. The Balaban J connectivity index is 2.03. The monoisotopic (exact) mass is 269 g/mol. The molecule has 19 heavy (non-hydrogen) atoms. The highest BCUT2D eigenvalue weighted by molar-refractivity contribution is 5.80. The summed E-state index contributed by atoms with van der Waals surface area (Å²) in [5, 5.41) is 10.1. The molecule has 5 atom stereocenters. The normalized spacial score (nSPS) is 44.2. The zero-order valence-corrected chi connectivity index (χ0v) is 12.6. The van der Waals surface area contributed by atoms with Gasteiger partial charge in [0, 0.05) is 13.1 Å². The van der Waals surface area contributed by atoms with Gasteiger partial charge in [-0.1, -0.05) is 6.92 Å². The van der Waals surface area contributed by atoms with Crippen molar-refractivity contribution in [1.29, 1.82) is 0 Å². The molecule has 5 unspecified atom stereocenters. The Hall–Kier alpha value is -0.610. The molecule has 0 radical (unpaired) electrons. The van der Waals surface area contributed by atoms with Gasteiger partial charge in [-0.15, -0.1) is 0 Å². The van der Waals surface area contributed by atoms with Gasteiger partial charge in [0.2, 0.25) is 5.91 Å². The third-order valence-corrected chi connectivity index (χ3v) is 4.90. The number of hydrogen-bond acceptors (Lipinski definition) is 3. The van der Waals surface area contributed by atoms with E-state index in [2.05, 4.69) is 6.92 Å². The summed E-state index contributed by atoms with van der Waals surface area (Å²) in [7, 11) is 0. The SMILES string of the molecule is CC1OC(C)C(C(=O)N2CCCC(C)(O)CC2)C1C. The van der Waals surface area contributed by atoms with Gasteiger partial charge in [0.25, 0.3) is 0 Å². The molecular formula is C15H27NO3. The van der Waals surface area contributed by atoms with Crippen LogP contribution < -0.4 is 0 Å². The molecule has 0 aromatic carbocycles. The number of likely N-dealkylation sites (tertiary alicyclic amines) is 1. The fourth-order valence-corrected chi connectivity index (χ4v) is 3.39. The highest BCUT2D eigenvalue weighted by Gasteiger charge is 2.43. The van der Waals surface area contributed by atoms with Crippen molar-refractivity contribution in [3.8, 4) is 0 Å². The van der Waals surface area contributed by atoms with Crippen LogP contribution in [0.5, 0.6) is 0 Å². The highest BCUT2D eigenvalue weighted by atomic mass is 16.5. The molecule has 110 valence electrons. The average molecular weight is 269 g/mol. The maximum absolute atomic E-state index is 12.7. The average Bonchev–Trinajstić information content (AvgIpc) is 2.49. The van der Waals surface area contributed by atoms with Gasteiger partial charge in [-0.25, -0.2) is 0 Å². The Bertz CT molecular complexity index is 342. The fourth-order valence-electron chi connectivity index (χ4n) is 3.39. The van der Waals surface area contributed by atoms with Crippen LogP contribution in [-0.2, 0) is 9.53 Å². The quantitative estimate of drug-likeness (QED) is 0.790. The van der Waals surface area contributed by atoms with E-state index in [9.17, 15) is 9.90 Å². The van der Waals surface area contributed by atoms with Crippen LogP contribution in [-0.4, -0.2) is 46.8 Å². The van der Waals surface area contributed by atoms with Crippen LogP contribution in [0.25, 0.3) is 0 Å². The summed E-state index contributed by atoms with van der Waals surface area (Å²) in [4.78, 5) is 14.6. The molecule has 4 nitrogen and oxygen atoms in total. The van der Waals surface area contributed by atoms with E-state index in [4.69, 9.17) is 4.74 Å².